The molecule has 0 saturated carbocycles. The van der Waals surface area contributed by atoms with E-state index in [1.165, 1.54) is 0 Å². The van der Waals surface area contributed by atoms with Crippen molar-refractivity contribution in [2.24, 2.45) is 0 Å². The Kier molecular flexibility index (Phi) is 6.23. The molecule has 0 amide bonds. The molecule has 0 bridgehead atoms. The molecule has 0 aliphatic carbocycles. The van der Waals surface area contributed by atoms with E-state index >= 15 is 0 Å². The summed E-state index contributed by atoms with van der Waals surface area (Å²) in [5.74, 6) is 0. The third-order valence-electron chi connectivity index (χ3n) is 1.41. The lowest BCUT2D eigenvalue weighted by molar-refractivity contribution is -0.447. The normalized spacial score (nSPS) is 14.7. The van der Waals surface area contributed by atoms with Crippen molar-refractivity contribution in [3.8, 4) is 0 Å². The van der Waals surface area contributed by atoms with Crippen LogP contribution in [0.2, 0.25) is 0 Å². The standard InChI is InChI=1S/C4HF9O.C2H3F3O/c5-2(6,7)1(14,3(8,9)10)4(11,12)13;3-2(4,5)1-6/h14H;6H,1H2. The maximum Gasteiger partial charge on any atom is 0.435 e. The topological polar surface area (TPSA) is 40.5 Å². The van der Waals surface area contributed by atoms with Crippen LogP contribution in [0.5, 0.6) is 0 Å². The third-order valence-corrected chi connectivity index (χ3v) is 1.41. The van der Waals surface area contributed by atoms with Gasteiger partial charge in [0, 0.05) is 0 Å². The summed E-state index contributed by atoms with van der Waals surface area (Å²) in [5, 5.41) is 14.9. The van der Waals surface area contributed by atoms with Crippen molar-refractivity contribution in [2.45, 2.75) is 30.3 Å². The summed E-state index contributed by atoms with van der Waals surface area (Å²) in [6, 6.07) is 0. The van der Waals surface area contributed by atoms with Crippen molar-refractivity contribution >= 4 is 0 Å². The fraction of sp³-hybridized carbons (Fsp3) is 1.00. The number of halogens is 12. The molecule has 0 rings (SSSR count). The lowest BCUT2D eigenvalue weighted by atomic mass is 10.0. The summed E-state index contributed by atoms with van der Waals surface area (Å²) < 4.78 is 134. The van der Waals surface area contributed by atoms with Crippen LogP contribution in [-0.4, -0.2) is 47.1 Å². The third kappa shape index (κ3) is 5.22. The van der Waals surface area contributed by atoms with Crippen molar-refractivity contribution in [3.63, 3.8) is 0 Å². The molecule has 14 heteroatoms. The van der Waals surface area contributed by atoms with Gasteiger partial charge in [-0.15, -0.1) is 0 Å². The van der Waals surface area contributed by atoms with Gasteiger partial charge in [0.25, 0.3) is 0 Å². The van der Waals surface area contributed by atoms with Crippen molar-refractivity contribution in [1.29, 1.82) is 0 Å². The van der Waals surface area contributed by atoms with E-state index in [2.05, 4.69) is 0 Å². The minimum absolute atomic E-state index is 1.73. The van der Waals surface area contributed by atoms with Gasteiger partial charge in [-0.3, -0.25) is 0 Å². The molecule has 0 saturated heterocycles. The zero-order valence-electron chi connectivity index (χ0n) is 8.64. The van der Waals surface area contributed by atoms with Gasteiger partial charge in [-0.1, -0.05) is 0 Å². The molecule has 2 N–H and O–H groups in total. The van der Waals surface area contributed by atoms with Crippen LogP contribution in [0.4, 0.5) is 52.7 Å². The second kappa shape index (κ2) is 5.83. The Morgan fingerprint density at radius 3 is 0.700 bits per heavy atom. The van der Waals surface area contributed by atoms with Crippen LogP contribution >= 0.6 is 0 Å². The fourth-order valence-corrected chi connectivity index (χ4v) is 0.482. The highest BCUT2D eigenvalue weighted by Crippen LogP contribution is 2.52. The summed E-state index contributed by atoms with van der Waals surface area (Å²) in [6.45, 7) is -1.73. The highest BCUT2D eigenvalue weighted by Gasteiger charge is 2.83. The van der Waals surface area contributed by atoms with Crippen LogP contribution < -0.4 is 0 Å². The van der Waals surface area contributed by atoms with Gasteiger partial charge < -0.3 is 10.2 Å². The van der Waals surface area contributed by atoms with Crippen LogP contribution in [0, 0.1) is 0 Å². The first-order valence-corrected chi connectivity index (χ1v) is 3.91. The molecule has 0 aliphatic heterocycles. The van der Waals surface area contributed by atoms with Gasteiger partial charge in [0.05, 0.1) is 0 Å². The van der Waals surface area contributed by atoms with Crippen molar-refractivity contribution < 1.29 is 62.9 Å². The number of hydrogen-bond donors (Lipinski definition) is 2. The van der Waals surface area contributed by atoms with E-state index in [0.29, 0.717) is 0 Å². The van der Waals surface area contributed by atoms with Crippen LogP contribution in [0.15, 0.2) is 0 Å². The van der Waals surface area contributed by atoms with Crippen molar-refractivity contribution in [2.75, 3.05) is 6.61 Å². The molecular weight excluding hydrogens is 332 g/mol. The number of aliphatic hydroxyl groups excluding tert-OH is 1. The van der Waals surface area contributed by atoms with Crippen LogP contribution in [0.25, 0.3) is 0 Å². The molecule has 0 aromatic carbocycles. The second-order valence-electron chi connectivity index (χ2n) is 2.98. The minimum atomic E-state index is -6.87. The van der Waals surface area contributed by atoms with E-state index in [1.807, 2.05) is 0 Å². The van der Waals surface area contributed by atoms with E-state index in [9.17, 15) is 52.7 Å². The zero-order chi connectivity index (χ0) is 17.2. The Morgan fingerprint density at radius 1 is 0.550 bits per heavy atom. The van der Waals surface area contributed by atoms with Gasteiger partial charge in [-0.25, -0.2) is 0 Å². The van der Waals surface area contributed by atoms with E-state index in [1.54, 1.807) is 0 Å². The SMILES string of the molecule is OC(C(F)(F)F)(C(F)(F)F)C(F)(F)F.OCC(F)(F)F. The van der Waals surface area contributed by atoms with E-state index in [-0.39, 0.29) is 0 Å². The smallest absolute Gasteiger partial charge is 0.387 e. The zero-order valence-corrected chi connectivity index (χ0v) is 8.64. The van der Waals surface area contributed by atoms with Gasteiger partial charge in [0.2, 0.25) is 0 Å². The molecule has 0 unspecified atom stereocenters. The number of alkyl halides is 12. The summed E-state index contributed by atoms with van der Waals surface area (Å²) in [6.07, 6.45) is -25.0. The molecular formula is C6H4F12O2. The predicted molar refractivity (Wildman–Crippen MR) is 36.3 cm³/mol. The molecule has 0 aliphatic rings. The maximum absolute atomic E-state index is 11.4. The van der Waals surface area contributed by atoms with E-state index in [4.69, 9.17) is 10.2 Å². The predicted octanol–water partition coefficient (Wildman–Crippen LogP) is 2.95. The van der Waals surface area contributed by atoms with Crippen molar-refractivity contribution in [3.05, 3.63) is 0 Å². The van der Waals surface area contributed by atoms with Gasteiger partial charge in [-0.05, 0) is 0 Å². The molecule has 124 valence electrons. The molecule has 0 heterocycles. The van der Waals surface area contributed by atoms with Crippen LogP contribution in [0.3, 0.4) is 0 Å². The second-order valence-corrected chi connectivity index (χ2v) is 2.98. The number of rotatable bonds is 0. The van der Waals surface area contributed by atoms with Gasteiger partial charge in [-0.2, -0.15) is 52.7 Å². The Balaban J connectivity index is 0. The number of hydrogen-bond acceptors (Lipinski definition) is 2. The lowest BCUT2D eigenvalue weighted by Crippen LogP contribution is -2.66. The highest BCUT2D eigenvalue weighted by atomic mass is 19.4. The first-order valence-electron chi connectivity index (χ1n) is 3.91. The molecule has 0 aromatic heterocycles. The number of aliphatic hydroxyl groups is 2. The van der Waals surface area contributed by atoms with Crippen LogP contribution in [-0.2, 0) is 0 Å². The van der Waals surface area contributed by atoms with Gasteiger partial charge in [0.1, 0.15) is 6.61 Å². The molecule has 0 aromatic rings. The van der Waals surface area contributed by atoms with Gasteiger partial charge >= 0.3 is 30.3 Å². The Hall–Kier alpha value is -0.920. The Labute approximate surface area is 101 Å². The summed E-state index contributed by atoms with van der Waals surface area (Å²) in [5.41, 5.74) is -6.69. The monoisotopic (exact) mass is 336 g/mol. The maximum atomic E-state index is 11.4. The lowest BCUT2D eigenvalue weighted by Gasteiger charge is -2.33. The first-order chi connectivity index (χ1) is 8.31. The summed E-state index contributed by atoms with van der Waals surface area (Å²) in [7, 11) is 0. The molecule has 0 atom stereocenters. The molecule has 0 radical (unpaired) electrons. The van der Waals surface area contributed by atoms with Crippen LogP contribution in [0.1, 0.15) is 0 Å². The molecule has 20 heavy (non-hydrogen) atoms. The molecule has 0 fully saturated rings. The van der Waals surface area contributed by atoms with E-state index in [0.717, 1.165) is 0 Å². The highest BCUT2D eigenvalue weighted by molar-refractivity contribution is 5.00. The summed E-state index contributed by atoms with van der Waals surface area (Å²) >= 11 is 0. The average Bonchev–Trinajstić information content (AvgIpc) is 2.11. The average molecular weight is 336 g/mol. The van der Waals surface area contributed by atoms with Gasteiger partial charge in [0.15, 0.2) is 0 Å². The molecule has 0 spiro atoms. The van der Waals surface area contributed by atoms with Crippen molar-refractivity contribution in [1.82, 2.24) is 0 Å². The quantitative estimate of drug-likeness (QED) is 0.668. The molecule has 2 nitrogen and oxygen atoms in total. The summed E-state index contributed by atoms with van der Waals surface area (Å²) in [4.78, 5) is 0. The van der Waals surface area contributed by atoms with E-state index < -0.39 is 36.9 Å². The first kappa shape index (κ1) is 21.4. The fourth-order valence-electron chi connectivity index (χ4n) is 0.482. The largest absolute Gasteiger partial charge is 0.435 e. The Morgan fingerprint density at radius 2 is 0.700 bits per heavy atom. The minimum Gasteiger partial charge on any atom is -0.387 e. The Bertz CT molecular complexity index is 257.